The molecule has 0 saturated carbocycles. The van der Waals surface area contributed by atoms with E-state index in [4.69, 9.17) is 5.73 Å². The van der Waals surface area contributed by atoms with Gasteiger partial charge < -0.3 is 10.6 Å². The lowest BCUT2D eigenvalue weighted by Gasteiger charge is -2.23. The number of nitrogens with two attached hydrogens (primary N) is 1. The zero-order valence-corrected chi connectivity index (χ0v) is 11.4. The highest BCUT2D eigenvalue weighted by atomic mass is 19.4. The summed E-state index contributed by atoms with van der Waals surface area (Å²) >= 11 is 0. The summed E-state index contributed by atoms with van der Waals surface area (Å²) in [5.41, 5.74) is 5.78. The van der Waals surface area contributed by atoms with Gasteiger partial charge in [-0.1, -0.05) is 30.3 Å². The number of alkyl halides is 3. The van der Waals surface area contributed by atoms with E-state index >= 15 is 0 Å². The van der Waals surface area contributed by atoms with Crippen molar-refractivity contribution in [1.29, 1.82) is 0 Å². The number of amides is 1. The number of likely N-dealkylation sites (tertiary alicyclic amines) is 1. The Labute approximate surface area is 121 Å². The molecule has 0 radical (unpaired) electrons. The van der Waals surface area contributed by atoms with Crippen molar-refractivity contribution in [3.8, 4) is 0 Å². The van der Waals surface area contributed by atoms with Crippen LogP contribution in [0.5, 0.6) is 0 Å². The number of rotatable bonds is 4. The lowest BCUT2D eigenvalue weighted by molar-refractivity contribution is -0.159. The van der Waals surface area contributed by atoms with Crippen LogP contribution in [0.2, 0.25) is 0 Å². The van der Waals surface area contributed by atoms with Crippen molar-refractivity contribution in [2.75, 3.05) is 19.6 Å². The second-order valence-corrected chi connectivity index (χ2v) is 5.15. The minimum atomic E-state index is -4.46. The highest BCUT2D eigenvalue weighted by Gasteiger charge is 2.41. The number of carbonyl (C=O) groups excluding carboxylic acids is 1. The molecule has 0 spiro atoms. The second kappa shape index (κ2) is 6.44. The Balaban J connectivity index is 1.99. The number of nitrogens with zero attached hydrogens (tertiary/aromatic N) is 1. The summed E-state index contributed by atoms with van der Waals surface area (Å²) in [7, 11) is 0. The molecule has 2 atom stereocenters. The number of hydrogen-bond acceptors (Lipinski definition) is 3. The maximum absolute atomic E-state index is 13.1. The van der Waals surface area contributed by atoms with Crippen LogP contribution in [0.4, 0.5) is 13.2 Å². The lowest BCUT2D eigenvalue weighted by Crippen LogP contribution is -2.42. The number of nitrogens with one attached hydrogen (secondary N) is 1. The van der Waals surface area contributed by atoms with Crippen LogP contribution in [0.25, 0.3) is 0 Å². The fourth-order valence-electron chi connectivity index (χ4n) is 2.38. The molecule has 1 saturated heterocycles. The monoisotopic (exact) mass is 301 g/mol. The molecule has 3 N–H and O–H groups in total. The molecule has 0 aromatic heterocycles. The fraction of sp³-hybridized carbons (Fsp3) is 0.500. The Morgan fingerprint density at radius 3 is 2.57 bits per heavy atom. The maximum Gasteiger partial charge on any atom is 0.407 e. The molecule has 1 amide bonds. The molecule has 0 aliphatic carbocycles. The molecule has 1 aromatic rings. The third kappa shape index (κ3) is 4.18. The molecule has 1 aromatic carbocycles. The SMILES string of the molecule is N[C@@H]1CCN(C(=O)CN[C@@H](c2ccccc2)C(F)(F)F)C1. The first-order chi connectivity index (χ1) is 9.88. The van der Waals surface area contributed by atoms with Crippen molar-refractivity contribution < 1.29 is 18.0 Å². The fourth-order valence-corrected chi connectivity index (χ4v) is 2.38. The number of benzene rings is 1. The summed E-state index contributed by atoms with van der Waals surface area (Å²) in [4.78, 5) is 13.4. The van der Waals surface area contributed by atoms with Crippen molar-refractivity contribution in [2.24, 2.45) is 5.73 Å². The first-order valence-electron chi connectivity index (χ1n) is 6.76. The van der Waals surface area contributed by atoms with Gasteiger partial charge in [-0.3, -0.25) is 10.1 Å². The van der Waals surface area contributed by atoms with Crippen LogP contribution < -0.4 is 11.1 Å². The van der Waals surface area contributed by atoms with E-state index in [0.29, 0.717) is 19.5 Å². The van der Waals surface area contributed by atoms with Gasteiger partial charge in [-0.15, -0.1) is 0 Å². The highest BCUT2D eigenvalue weighted by molar-refractivity contribution is 5.78. The Morgan fingerprint density at radius 2 is 2.05 bits per heavy atom. The molecular formula is C14H18F3N3O. The topological polar surface area (TPSA) is 58.4 Å². The van der Waals surface area contributed by atoms with Crippen LogP contribution in [-0.4, -0.2) is 42.7 Å². The predicted molar refractivity (Wildman–Crippen MR) is 72.4 cm³/mol. The molecule has 0 unspecified atom stereocenters. The van der Waals surface area contributed by atoms with E-state index < -0.39 is 12.2 Å². The Hall–Kier alpha value is -1.60. The van der Waals surface area contributed by atoms with E-state index in [2.05, 4.69) is 5.32 Å². The van der Waals surface area contributed by atoms with Gasteiger partial charge in [0.1, 0.15) is 6.04 Å². The molecule has 0 bridgehead atoms. The largest absolute Gasteiger partial charge is 0.407 e. The van der Waals surface area contributed by atoms with Gasteiger partial charge in [0.05, 0.1) is 6.54 Å². The smallest absolute Gasteiger partial charge is 0.340 e. The third-order valence-electron chi connectivity index (χ3n) is 3.50. The minimum Gasteiger partial charge on any atom is -0.340 e. The van der Waals surface area contributed by atoms with E-state index in [1.165, 1.54) is 29.2 Å². The normalized spacial score (nSPS) is 20.6. The molecular weight excluding hydrogens is 283 g/mol. The molecule has 2 rings (SSSR count). The quantitative estimate of drug-likeness (QED) is 0.885. The molecule has 1 fully saturated rings. The summed E-state index contributed by atoms with van der Waals surface area (Å²) in [5, 5.41) is 2.31. The Bertz CT molecular complexity index is 478. The molecule has 1 aliphatic heterocycles. The molecule has 4 nitrogen and oxygen atoms in total. The highest BCUT2D eigenvalue weighted by Crippen LogP contribution is 2.32. The summed E-state index contributed by atoms with van der Waals surface area (Å²) in [6.07, 6.45) is -3.77. The van der Waals surface area contributed by atoms with Gasteiger partial charge in [0.2, 0.25) is 5.91 Å². The first kappa shape index (κ1) is 15.8. The van der Waals surface area contributed by atoms with Crippen LogP contribution in [-0.2, 0) is 4.79 Å². The summed E-state index contributed by atoms with van der Waals surface area (Å²) in [5.74, 6) is -0.354. The second-order valence-electron chi connectivity index (χ2n) is 5.15. The minimum absolute atomic E-state index is 0.0820. The van der Waals surface area contributed by atoms with Gasteiger partial charge in [0.15, 0.2) is 0 Å². The molecule has 116 valence electrons. The standard InChI is InChI=1S/C14H18F3N3O/c15-14(16,17)13(10-4-2-1-3-5-10)19-8-12(21)20-7-6-11(18)9-20/h1-5,11,13,19H,6-9,18H2/t11-,13+/m1/s1. The van der Waals surface area contributed by atoms with Crippen LogP contribution in [0.1, 0.15) is 18.0 Å². The van der Waals surface area contributed by atoms with E-state index in [-0.39, 0.29) is 24.1 Å². The molecule has 1 aliphatic rings. The van der Waals surface area contributed by atoms with Gasteiger partial charge in [-0.25, -0.2) is 0 Å². The van der Waals surface area contributed by atoms with E-state index in [1.807, 2.05) is 0 Å². The van der Waals surface area contributed by atoms with Gasteiger partial charge in [0.25, 0.3) is 0 Å². The van der Waals surface area contributed by atoms with Gasteiger partial charge in [-0.2, -0.15) is 13.2 Å². The average Bonchev–Trinajstić information content (AvgIpc) is 2.85. The molecule has 7 heteroatoms. The van der Waals surface area contributed by atoms with E-state index in [1.54, 1.807) is 6.07 Å². The number of halogens is 3. The van der Waals surface area contributed by atoms with Gasteiger partial charge >= 0.3 is 6.18 Å². The number of hydrogen-bond donors (Lipinski definition) is 2. The molecule has 21 heavy (non-hydrogen) atoms. The van der Waals surface area contributed by atoms with Crippen LogP contribution >= 0.6 is 0 Å². The van der Waals surface area contributed by atoms with Crippen molar-refractivity contribution in [1.82, 2.24) is 10.2 Å². The van der Waals surface area contributed by atoms with E-state index in [0.717, 1.165) is 0 Å². The third-order valence-corrected chi connectivity index (χ3v) is 3.50. The Kier molecular flexibility index (Phi) is 4.84. The van der Waals surface area contributed by atoms with Crippen LogP contribution in [0.15, 0.2) is 30.3 Å². The van der Waals surface area contributed by atoms with Gasteiger partial charge in [-0.05, 0) is 12.0 Å². The van der Waals surface area contributed by atoms with E-state index in [9.17, 15) is 18.0 Å². The van der Waals surface area contributed by atoms with Gasteiger partial charge in [0, 0.05) is 19.1 Å². The zero-order valence-electron chi connectivity index (χ0n) is 11.4. The van der Waals surface area contributed by atoms with Crippen molar-refractivity contribution in [3.63, 3.8) is 0 Å². The summed E-state index contributed by atoms with van der Waals surface area (Å²) in [6, 6.07) is 5.57. The summed E-state index contributed by atoms with van der Waals surface area (Å²) < 4.78 is 39.3. The van der Waals surface area contributed by atoms with Crippen LogP contribution in [0.3, 0.4) is 0 Å². The predicted octanol–water partition coefficient (Wildman–Crippen LogP) is 1.44. The zero-order chi connectivity index (χ0) is 15.5. The average molecular weight is 301 g/mol. The van der Waals surface area contributed by atoms with Crippen molar-refractivity contribution >= 4 is 5.91 Å². The van der Waals surface area contributed by atoms with Crippen LogP contribution in [0, 0.1) is 0 Å². The first-order valence-corrected chi connectivity index (χ1v) is 6.76. The Morgan fingerprint density at radius 1 is 1.38 bits per heavy atom. The van der Waals surface area contributed by atoms with Crippen molar-refractivity contribution in [3.05, 3.63) is 35.9 Å². The molecule has 1 heterocycles. The van der Waals surface area contributed by atoms with Crippen molar-refractivity contribution in [2.45, 2.75) is 24.7 Å². The maximum atomic E-state index is 13.1. The lowest BCUT2D eigenvalue weighted by atomic mass is 10.1. The summed E-state index contributed by atoms with van der Waals surface area (Å²) in [6.45, 7) is 0.554. The number of carbonyl (C=O) groups is 1.